The molecule has 25 nitrogen and oxygen atoms in total. The molecule has 0 radical (unpaired) electrons. The van der Waals surface area contributed by atoms with E-state index in [-0.39, 0.29) is 51.1 Å². The van der Waals surface area contributed by atoms with Gasteiger partial charge in [0.25, 0.3) is 0 Å². The SMILES string of the molecule is CC(C)C[C@H](NC(=O)[C@H](CCC(N)=O)NC(=O)CNC(=O)[C@@H]1C[C@@H](O)CN1)C(=O)NCC(=O)N[C@@H](C)C(=O)N[C@@H](C)C(=O)NCC(=O)N1CCC[C@H]1C(=O)N[C@@H](CCCCN)C(=O)O. The van der Waals surface area contributed by atoms with E-state index in [0.717, 1.165) is 0 Å². The van der Waals surface area contributed by atoms with E-state index >= 15 is 0 Å². The number of aliphatic hydroxyl groups is 1. The first kappa shape index (κ1) is 54.2. The number of unbranched alkanes of at least 4 members (excludes halogenated alkanes) is 1. The summed E-state index contributed by atoms with van der Waals surface area (Å²) in [7, 11) is 0. The van der Waals surface area contributed by atoms with E-state index in [1.807, 2.05) is 0 Å². The molecule has 0 saturated carbocycles. The molecule has 2 fully saturated rings. The zero-order valence-corrected chi connectivity index (χ0v) is 36.8. The van der Waals surface area contributed by atoms with Gasteiger partial charge in [-0.15, -0.1) is 0 Å². The first-order valence-corrected chi connectivity index (χ1v) is 21.4. The highest BCUT2D eigenvalue weighted by atomic mass is 16.4. The van der Waals surface area contributed by atoms with Crippen molar-refractivity contribution in [3.63, 3.8) is 0 Å². The number of carbonyl (C=O) groups is 11. The van der Waals surface area contributed by atoms with Crippen molar-refractivity contribution in [1.29, 1.82) is 0 Å². The fourth-order valence-electron chi connectivity index (χ4n) is 6.81. The van der Waals surface area contributed by atoms with Crippen molar-refractivity contribution in [3.8, 4) is 0 Å². The van der Waals surface area contributed by atoms with Crippen molar-refractivity contribution in [3.05, 3.63) is 0 Å². The van der Waals surface area contributed by atoms with Crippen molar-refractivity contribution < 1.29 is 63.0 Å². The molecule has 0 spiro atoms. The van der Waals surface area contributed by atoms with Gasteiger partial charge in [-0.3, -0.25) is 47.9 Å². The third-order valence-corrected chi connectivity index (χ3v) is 10.3. The van der Waals surface area contributed by atoms with Gasteiger partial charge in [0.05, 0.1) is 31.8 Å². The minimum atomic E-state index is -1.34. The van der Waals surface area contributed by atoms with Gasteiger partial charge in [-0.25, -0.2) is 4.79 Å². The zero-order valence-electron chi connectivity index (χ0n) is 36.8. The van der Waals surface area contributed by atoms with Crippen LogP contribution in [0.25, 0.3) is 0 Å². The number of β-amino-alcohol motifs (C(OH)–C–C–N with tert-alkyl or cyclic N) is 1. The van der Waals surface area contributed by atoms with E-state index in [1.54, 1.807) is 13.8 Å². The Hall–Kier alpha value is -5.95. The van der Waals surface area contributed by atoms with Gasteiger partial charge in [-0.2, -0.15) is 0 Å². The van der Waals surface area contributed by atoms with Crippen molar-refractivity contribution in [2.45, 2.75) is 134 Å². The van der Waals surface area contributed by atoms with E-state index in [0.29, 0.717) is 32.2 Å². The highest BCUT2D eigenvalue weighted by molar-refractivity contribution is 5.97. The van der Waals surface area contributed by atoms with Gasteiger partial charge in [0.15, 0.2) is 0 Å². The number of rotatable bonds is 27. The van der Waals surface area contributed by atoms with E-state index < -0.39 is 133 Å². The van der Waals surface area contributed by atoms with Gasteiger partial charge < -0.3 is 74.4 Å². The van der Waals surface area contributed by atoms with Crippen LogP contribution in [0.15, 0.2) is 0 Å². The molecule has 15 N–H and O–H groups in total. The predicted molar refractivity (Wildman–Crippen MR) is 226 cm³/mol. The van der Waals surface area contributed by atoms with Crippen molar-refractivity contribution in [2.24, 2.45) is 17.4 Å². The second-order valence-electron chi connectivity index (χ2n) is 16.3. The molecule has 2 aliphatic rings. The van der Waals surface area contributed by atoms with Gasteiger partial charge in [0.1, 0.15) is 36.3 Å². The molecule has 25 heteroatoms. The topological polar surface area (TPSA) is 392 Å². The minimum absolute atomic E-state index is 0.0907. The van der Waals surface area contributed by atoms with Crippen molar-refractivity contribution in [2.75, 3.05) is 39.3 Å². The molecule has 0 aliphatic carbocycles. The average molecular weight is 911 g/mol. The molecule has 64 heavy (non-hydrogen) atoms. The Morgan fingerprint density at radius 3 is 1.95 bits per heavy atom. The molecule has 0 unspecified atom stereocenters. The molecule has 360 valence electrons. The number of amides is 10. The maximum atomic E-state index is 13.3. The summed E-state index contributed by atoms with van der Waals surface area (Å²) in [6.07, 6.45) is 1.02. The highest BCUT2D eigenvalue weighted by Crippen LogP contribution is 2.18. The Balaban J connectivity index is 1.87. The summed E-state index contributed by atoms with van der Waals surface area (Å²) in [4.78, 5) is 140. The summed E-state index contributed by atoms with van der Waals surface area (Å²) in [6, 6.07) is -7.72. The van der Waals surface area contributed by atoms with E-state index in [9.17, 15) is 63.0 Å². The van der Waals surface area contributed by atoms with Gasteiger partial charge >= 0.3 is 5.97 Å². The molecule has 2 saturated heterocycles. The molecule has 0 aromatic heterocycles. The maximum Gasteiger partial charge on any atom is 0.326 e. The van der Waals surface area contributed by atoms with E-state index in [4.69, 9.17) is 11.5 Å². The second kappa shape index (κ2) is 27.3. The lowest BCUT2D eigenvalue weighted by molar-refractivity contribution is -0.144. The van der Waals surface area contributed by atoms with Crippen LogP contribution in [0.1, 0.15) is 85.5 Å². The monoisotopic (exact) mass is 910 g/mol. The van der Waals surface area contributed by atoms with Gasteiger partial charge in [-0.1, -0.05) is 13.8 Å². The molecular formula is C39H66N12O13. The second-order valence-corrected chi connectivity index (χ2v) is 16.3. The number of nitrogens with one attached hydrogen (secondary N) is 9. The number of carbonyl (C=O) groups excluding carboxylic acids is 10. The predicted octanol–water partition coefficient (Wildman–Crippen LogP) is -5.96. The molecule has 8 atom stereocenters. The van der Waals surface area contributed by atoms with Crippen LogP contribution in [0, 0.1) is 5.92 Å². The highest BCUT2D eigenvalue weighted by Gasteiger charge is 2.36. The smallest absolute Gasteiger partial charge is 0.326 e. The van der Waals surface area contributed by atoms with Crippen LogP contribution >= 0.6 is 0 Å². The normalized spacial score (nSPS) is 19.2. The third-order valence-electron chi connectivity index (χ3n) is 10.3. The number of nitrogens with two attached hydrogens (primary N) is 2. The van der Waals surface area contributed by atoms with Gasteiger partial charge in [0, 0.05) is 19.5 Å². The van der Waals surface area contributed by atoms with Crippen LogP contribution in [0.4, 0.5) is 0 Å². The van der Waals surface area contributed by atoms with Crippen molar-refractivity contribution >= 4 is 65.0 Å². The van der Waals surface area contributed by atoms with Crippen LogP contribution in [0.2, 0.25) is 0 Å². The molecule has 2 rings (SSSR count). The van der Waals surface area contributed by atoms with E-state index in [1.165, 1.54) is 18.7 Å². The molecule has 2 aliphatic heterocycles. The summed E-state index contributed by atoms with van der Waals surface area (Å²) >= 11 is 0. The Labute approximate surface area is 370 Å². The minimum Gasteiger partial charge on any atom is -0.480 e. The molecule has 0 aromatic rings. The van der Waals surface area contributed by atoms with Gasteiger partial charge in [-0.05, 0) is 77.7 Å². The van der Waals surface area contributed by atoms with Gasteiger partial charge in [0.2, 0.25) is 59.1 Å². The lowest BCUT2D eigenvalue weighted by Crippen LogP contribution is -2.56. The van der Waals surface area contributed by atoms with Crippen LogP contribution in [-0.2, 0) is 52.7 Å². The lowest BCUT2D eigenvalue weighted by atomic mass is 10.0. The number of likely N-dealkylation sites (tertiary alicyclic amines) is 1. The molecule has 0 aromatic carbocycles. The zero-order chi connectivity index (χ0) is 48.1. The number of aliphatic hydroxyl groups excluding tert-OH is 1. The van der Waals surface area contributed by atoms with Crippen LogP contribution < -0.4 is 59.3 Å². The number of nitrogens with zero attached hydrogens (tertiary/aromatic N) is 1. The summed E-state index contributed by atoms with van der Waals surface area (Å²) in [5.74, 6) is -8.63. The fraction of sp³-hybridized carbons (Fsp3) is 0.718. The molecular weight excluding hydrogens is 844 g/mol. The molecule has 10 amide bonds. The lowest BCUT2D eigenvalue weighted by Gasteiger charge is -2.26. The standard InChI is InChI=1S/C39H66N12O13/c1-20(2)14-27(50-37(61)24(10-11-29(41)53)48-31(55)18-43-35(59)26-15-23(52)16-42-26)36(60)44-17-30(54)46-22(4)34(58)47-21(3)33(57)45-19-32(56)51-13-7-9-28(51)38(62)49-25(39(63)64)8-5-6-12-40/h20-28,42,52H,5-19,40H2,1-4H3,(H2,41,53)(H,43,59)(H,44,60)(H,45,57)(H,46,54)(H,47,58)(H,48,55)(H,49,62)(H,50,61)(H,63,64)/t21-,22-,23+,24-,25-,26-,27-,28-/m0/s1. The van der Waals surface area contributed by atoms with Crippen LogP contribution in [0.5, 0.6) is 0 Å². The van der Waals surface area contributed by atoms with Crippen molar-refractivity contribution in [1.82, 2.24) is 52.8 Å². The summed E-state index contributed by atoms with van der Waals surface area (Å²) < 4.78 is 0. The quantitative estimate of drug-likeness (QED) is 0.0341. The van der Waals surface area contributed by atoms with Crippen LogP contribution in [0.3, 0.4) is 0 Å². The maximum absolute atomic E-state index is 13.3. The Morgan fingerprint density at radius 1 is 0.703 bits per heavy atom. The molecule has 0 bridgehead atoms. The number of aliphatic carboxylic acids is 1. The average Bonchev–Trinajstić information content (AvgIpc) is 3.91. The van der Waals surface area contributed by atoms with Crippen LogP contribution in [-0.4, -0.2) is 168 Å². The summed E-state index contributed by atoms with van der Waals surface area (Å²) in [5, 5.41) is 41.3. The molecule has 2 heterocycles. The first-order valence-electron chi connectivity index (χ1n) is 21.4. The Kier molecular flexibility index (Phi) is 23.1. The number of carboxylic acids is 1. The number of hydrogen-bond donors (Lipinski definition) is 13. The Bertz CT molecular complexity index is 1700. The summed E-state index contributed by atoms with van der Waals surface area (Å²) in [6.45, 7) is 5.31. The first-order chi connectivity index (χ1) is 30.1. The largest absolute Gasteiger partial charge is 0.480 e. The Morgan fingerprint density at radius 2 is 1.34 bits per heavy atom. The number of primary amides is 1. The fourth-order valence-corrected chi connectivity index (χ4v) is 6.81. The third kappa shape index (κ3) is 19.2. The van der Waals surface area contributed by atoms with E-state index in [2.05, 4.69) is 47.9 Å². The number of carboxylic acid groups (broad SMARTS) is 1. The number of hydrogen-bond acceptors (Lipinski definition) is 14. The summed E-state index contributed by atoms with van der Waals surface area (Å²) in [5.41, 5.74) is 10.7.